The topological polar surface area (TPSA) is 9.23 Å². The highest BCUT2D eigenvalue weighted by molar-refractivity contribution is 8.25. The van der Waals surface area contributed by atoms with Crippen molar-refractivity contribution in [1.82, 2.24) is 0 Å². The van der Waals surface area contributed by atoms with E-state index in [-0.39, 0.29) is 17.1 Å². The van der Waals surface area contributed by atoms with Crippen LogP contribution in [0, 0.1) is 0 Å². The van der Waals surface area contributed by atoms with Gasteiger partial charge in [0.05, 0.1) is 0 Å². The van der Waals surface area contributed by atoms with Crippen LogP contribution in [0.3, 0.4) is 0 Å². The minimum Gasteiger partial charge on any atom is -0.420 e. The second-order valence-corrected chi connectivity index (χ2v) is 13.9. The van der Waals surface area contributed by atoms with Crippen LogP contribution in [-0.2, 0) is 4.65 Å². The second-order valence-electron chi connectivity index (χ2n) is 12.8. The van der Waals surface area contributed by atoms with Crippen molar-refractivity contribution in [3.8, 4) is 11.1 Å². The van der Waals surface area contributed by atoms with Crippen LogP contribution in [-0.4, -0.2) is 11.8 Å². The molecule has 196 valence electrons. The third-order valence-electron chi connectivity index (χ3n) is 10.2. The van der Waals surface area contributed by atoms with Gasteiger partial charge in [-0.2, -0.15) is 0 Å². The molecule has 0 saturated carbocycles. The summed E-state index contributed by atoms with van der Waals surface area (Å²) in [5.41, 5.74) is 2.48. The Labute approximate surface area is 244 Å². The van der Waals surface area contributed by atoms with Crippen LogP contribution >= 0.6 is 11.6 Å². The van der Waals surface area contributed by atoms with Gasteiger partial charge in [-0.05, 0) is 102 Å². The Kier molecular flexibility index (Phi) is 4.62. The molecule has 9 rings (SSSR count). The lowest BCUT2D eigenvalue weighted by molar-refractivity contribution is -0.00482. The van der Waals surface area contributed by atoms with Crippen molar-refractivity contribution in [3.05, 3.63) is 103 Å². The summed E-state index contributed by atoms with van der Waals surface area (Å²) in [7, 11) is 0. The first kappa shape index (κ1) is 23.9. The summed E-state index contributed by atoms with van der Waals surface area (Å²) in [5.74, 6) is 0. The first-order valence-corrected chi connectivity index (χ1v) is 15.4. The first-order valence-electron chi connectivity index (χ1n) is 14.5. The van der Waals surface area contributed by atoms with Crippen LogP contribution in [0.2, 0.25) is 5.31 Å². The minimum atomic E-state index is -0.126. The Morgan fingerprint density at radius 2 is 1.15 bits per heavy atom. The van der Waals surface area contributed by atoms with Crippen LogP contribution < -0.4 is 0 Å². The SMILES string of the molecule is CC1(C)OB(Sc2cc3c(-c4ccccc4)c4c5cccc6cccc(c65)c4c4c5ccccc5c(c2)c34)C1(C)C. The molecule has 1 aliphatic rings. The number of hydrogen-bond donors (Lipinski definition) is 0. The van der Waals surface area contributed by atoms with Crippen molar-refractivity contribution in [2.24, 2.45) is 0 Å². The Balaban J connectivity index is 1.50. The monoisotopic (exact) mass is 544 g/mol. The van der Waals surface area contributed by atoms with Gasteiger partial charge in [0.1, 0.15) is 0 Å². The van der Waals surface area contributed by atoms with Gasteiger partial charge in [0.2, 0.25) is 0 Å². The molecule has 8 aromatic rings. The molecule has 3 heteroatoms. The standard InChI is InChI=1S/C38H29BOS/c1-37(2)38(3,4)40-39(37)41-24-20-29-25-16-8-9-17-26(25)34-33(29)30(21-24)32(23-12-6-5-7-13-23)35-27-18-10-14-22-15-11-19-28(31(22)27)36(34)35/h5-21H,1-4H3. The molecular weight excluding hydrogens is 515 g/mol. The predicted molar refractivity (Wildman–Crippen MR) is 180 cm³/mol. The second kappa shape index (κ2) is 7.94. The van der Waals surface area contributed by atoms with Crippen molar-refractivity contribution >= 4 is 82.4 Å². The van der Waals surface area contributed by atoms with Gasteiger partial charge < -0.3 is 4.65 Å². The van der Waals surface area contributed by atoms with E-state index in [1.54, 1.807) is 0 Å². The summed E-state index contributed by atoms with van der Waals surface area (Å²) >= 11 is 1.88. The third-order valence-corrected chi connectivity index (χ3v) is 11.6. The molecular formula is C38H29BOS. The van der Waals surface area contributed by atoms with E-state index in [0.717, 1.165) is 0 Å². The molecule has 0 amide bonds. The van der Waals surface area contributed by atoms with Crippen molar-refractivity contribution in [1.29, 1.82) is 0 Å². The predicted octanol–water partition coefficient (Wildman–Crippen LogP) is 11.3. The zero-order valence-electron chi connectivity index (χ0n) is 23.7. The van der Waals surface area contributed by atoms with Crippen molar-refractivity contribution in [2.45, 2.75) is 43.5 Å². The molecule has 1 fully saturated rings. The van der Waals surface area contributed by atoms with E-state index in [9.17, 15) is 0 Å². The summed E-state index contributed by atoms with van der Waals surface area (Å²) < 4.78 is 6.45. The van der Waals surface area contributed by atoms with Gasteiger partial charge in [-0.25, -0.2) is 0 Å². The molecule has 1 nitrogen and oxygen atoms in total. The van der Waals surface area contributed by atoms with E-state index >= 15 is 0 Å². The van der Waals surface area contributed by atoms with Crippen LogP contribution in [0.25, 0.3) is 75.8 Å². The van der Waals surface area contributed by atoms with Gasteiger partial charge >= 0.3 is 6.19 Å². The first-order chi connectivity index (χ1) is 19.8. The van der Waals surface area contributed by atoms with E-state index in [1.807, 2.05) is 11.6 Å². The molecule has 0 unspecified atom stereocenters. The van der Waals surface area contributed by atoms with E-state index in [0.29, 0.717) is 0 Å². The van der Waals surface area contributed by atoms with Crippen LogP contribution in [0.15, 0.2) is 108 Å². The maximum absolute atomic E-state index is 6.45. The van der Waals surface area contributed by atoms with Gasteiger partial charge in [-0.3, -0.25) is 0 Å². The van der Waals surface area contributed by atoms with Crippen molar-refractivity contribution in [2.75, 3.05) is 0 Å². The van der Waals surface area contributed by atoms with Crippen molar-refractivity contribution < 1.29 is 4.65 Å². The Morgan fingerprint density at radius 3 is 1.85 bits per heavy atom. The fourth-order valence-electron chi connectivity index (χ4n) is 7.37. The van der Waals surface area contributed by atoms with Crippen LogP contribution in [0.4, 0.5) is 0 Å². The number of fused-ring (bicyclic) bond motifs is 7. The Bertz CT molecular complexity index is 2310. The molecule has 1 aliphatic heterocycles. The largest absolute Gasteiger partial charge is 0.420 e. The third kappa shape index (κ3) is 2.98. The molecule has 0 aromatic heterocycles. The van der Waals surface area contributed by atoms with Gasteiger partial charge in [0.15, 0.2) is 0 Å². The lowest BCUT2D eigenvalue weighted by atomic mass is 9.49. The van der Waals surface area contributed by atoms with Gasteiger partial charge in [0, 0.05) is 15.8 Å². The summed E-state index contributed by atoms with van der Waals surface area (Å²) in [6.07, 6.45) is 0.117. The van der Waals surface area contributed by atoms with Gasteiger partial charge in [-0.1, -0.05) is 105 Å². The smallest absolute Gasteiger partial charge is 0.375 e. The summed E-state index contributed by atoms with van der Waals surface area (Å²) in [4.78, 5) is 1.27. The molecule has 1 saturated heterocycles. The molecule has 0 aliphatic carbocycles. The summed E-state index contributed by atoms with van der Waals surface area (Å²) in [5, 5.41) is 16.4. The number of benzene rings is 6. The molecule has 0 spiro atoms. The molecule has 1 heterocycles. The highest BCUT2D eigenvalue weighted by atomic mass is 32.2. The zero-order valence-corrected chi connectivity index (χ0v) is 24.5. The summed E-state index contributed by atoms with van der Waals surface area (Å²) in [6.45, 7) is 9.09. The molecule has 0 bridgehead atoms. The average molecular weight is 545 g/mol. The fraction of sp³-hybridized carbons (Fsp3) is 0.158. The maximum atomic E-state index is 6.45. The van der Waals surface area contributed by atoms with E-state index in [2.05, 4.69) is 131 Å². The van der Waals surface area contributed by atoms with Crippen LogP contribution in [0.5, 0.6) is 0 Å². The van der Waals surface area contributed by atoms with Crippen LogP contribution in [0.1, 0.15) is 27.7 Å². The Hall–Kier alpha value is -3.79. The minimum absolute atomic E-state index is 0.0769. The quantitative estimate of drug-likeness (QED) is 0.205. The van der Waals surface area contributed by atoms with Gasteiger partial charge in [-0.15, -0.1) is 11.6 Å². The highest BCUT2D eigenvalue weighted by Gasteiger charge is 2.59. The van der Waals surface area contributed by atoms with Gasteiger partial charge in [0.25, 0.3) is 0 Å². The number of rotatable bonds is 3. The highest BCUT2D eigenvalue weighted by Crippen LogP contribution is 2.59. The molecule has 41 heavy (non-hydrogen) atoms. The lowest BCUT2D eigenvalue weighted by Crippen LogP contribution is -2.59. The molecule has 8 aromatic carbocycles. The summed E-state index contributed by atoms with van der Waals surface area (Å²) in [6, 6.07) is 38.5. The normalized spacial score (nSPS) is 16.6. The molecule has 0 atom stereocenters. The lowest BCUT2D eigenvalue weighted by Gasteiger charge is -2.56. The Morgan fingerprint density at radius 1 is 0.537 bits per heavy atom. The van der Waals surface area contributed by atoms with E-state index in [1.165, 1.54) is 80.7 Å². The fourth-order valence-corrected chi connectivity index (χ4v) is 8.85. The van der Waals surface area contributed by atoms with E-state index in [4.69, 9.17) is 4.65 Å². The molecule has 0 radical (unpaired) electrons. The average Bonchev–Trinajstić information content (AvgIpc) is 3.49. The van der Waals surface area contributed by atoms with Crippen molar-refractivity contribution in [3.63, 3.8) is 0 Å². The van der Waals surface area contributed by atoms with E-state index < -0.39 is 0 Å². The maximum Gasteiger partial charge on any atom is 0.375 e. The molecule has 0 N–H and O–H groups in total. The zero-order chi connectivity index (χ0) is 27.7. The number of hydrogen-bond acceptors (Lipinski definition) is 2.